The molecule has 0 saturated heterocycles. The Labute approximate surface area is 168 Å². The maximum atomic E-state index is 12.6. The first-order valence-corrected chi connectivity index (χ1v) is 9.72. The van der Waals surface area contributed by atoms with Crippen LogP contribution in [-0.2, 0) is 13.0 Å². The predicted molar refractivity (Wildman–Crippen MR) is 109 cm³/mol. The molecule has 1 aliphatic heterocycles. The lowest BCUT2D eigenvalue weighted by molar-refractivity contribution is 0.0735. The number of ether oxygens (including phenoxy) is 2. The number of methoxy groups -OCH3 is 1. The Morgan fingerprint density at radius 1 is 1.03 bits per heavy atom. The Balaban J connectivity index is 1.66. The van der Waals surface area contributed by atoms with Gasteiger partial charge >= 0.3 is 5.97 Å². The molecular weight excluding hydrogens is 368 g/mol. The zero-order valence-electron chi connectivity index (χ0n) is 16.3. The highest BCUT2D eigenvalue weighted by Gasteiger charge is 2.17. The summed E-state index contributed by atoms with van der Waals surface area (Å²) in [7, 11) is 1.57. The summed E-state index contributed by atoms with van der Waals surface area (Å²) in [5.41, 5.74) is 1.50. The Bertz CT molecular complexity index is 1090. The highest BCUT2D eigenvalue weighted by atomic mass is 16.5. The topological polar surface area (TPSA) is 70.4 Å². The van der Waals surface area contributed by atoms with Crippen LogP contribution in [0.15, 0.2) is 59.4 Å². The summed E-state index contributed by atoms with van der Waals surface area (Å²) in [5.74, 6) is 1.35. The van der Waals surface area contributed by atoms with Crippen LogP contribution in [-0.4, -0.2) is 22.6 Å². The van der Waals surface area contributed by atoms with Gasteiger partial charge in [-0.25, -0.2) is 9.78 Å². The van der Waals surface area contributed by atoms with Gasteiger partial charge in [-0.15, -0.1) is 0 Å². The molecule has 29 heavy (non-hydrogen) atoms. The van der Waals surface area contributed by atoms with Crippen LogP contribution >= 0.6 is 0 Å². The third kappa shape index (κ3) is 4.06. The SMILES string of the molecule is COc1ccc(C(=O)Oc2ccccc2-c2cc(=O)n3c(n2)CCCCC3)cc1. The molecule has 0 saturated carbocycles. The maximum Gasteiger partial charge on any atom is 0.343 e. The van der Waals surface area contributed by atoms with Crippen molar-refractivity contribution in [3.8, 4) is 22.8 Å². The van der Waals surface area contributed by atoms with Gasteiger partial charge in [0.05, 0.1) is 18.4 Å². The van der Waals surface area contributed by atoms with Gasteiger partial charge in [-0.1, -0.05) is 18.6 Å². The van der Waals surface area contributed by atoms with E-state index in [1.54, 1.807) is 48.1 Å². The zero-order chi connectivity index (χ0) is 20.2. The minimum atomic E-state index is -0.480. The summed E-state index contributed by atoms with van der Waals surface area (Å²) in [6, 6.07) is 15.4. The monoisotopic (exact) mass is 390 g/mol. The largest absolute Gasteiger partial charge is 0.497 e. The average Bonchev–Trinajstić information content (AvgIpc) is 3.00. The molecule has 2 aromatic carbocycles. The van der Waals surface area contributed by atoms with Gasteiger partial charge < -0.3 is 9.47 Å². The molecule has 1 aromatic heterocycles. The number of para-hydroxylation sites is 1. The molecule has 0 bridgehead atoms. The fourth-order valence-electron chi connectivity index (χ4n) is 3.50. The summed E-state index contributed by atoms with van der Waals surface area (Å²) in [4.78, 5) is 29.9. The predicted octanol–water partition coefficient (Wildman–Crippen LogP) is 3.86. The minimum absolute atomic E-state index is 0.0665. The maximum absolute atomic E-state index is 12.6. The van der Waals surface area contributed by atoms with Crippen molar-refractivity contribution < 1.29 is 14.3 Å². The second-order valence-corrected chi connectivity index (χ2v) is 6.97. The lowest BCUT2D eigenvalue weighted by atomic mass is 10.1. The molecule has 3 aromatic rings. The second-order valence-electron chi connectivity index (χ2n) is 6.97. The molecule has 0 unspecified atom stereocenters. The van der Waals surface area contributed by atoms with Crippen LogP contribution in [0.5, 0.6) is 11.5 Å². The lowest BCUT2D eigenvalue weighted by Gasteiger charge is -2.13. The molecule has 2 heterocycles. The van der Waals surface area contributed by atoms with E-state index in [1.165, 1.54) is 6.07 Å². The number of nitrogens with zero attached hydrogens (tertiary/aromatic N) is 2. The van der Waals surface area contributed by atoms with E-state index < -0.39 is 5.97 Å². The molecule has 0 spiro atoms. The molecule has 4 rings (SSSR count). The summed E-state index contributed by atoms with van der Waals surface area (Å²) < 4.78 is 12.5. The van der Waals surface area contributed by atoms with Crippen molar-refractivity contribution in [2.75, 3.05) is 7.11 Å². The number of aromatic nitrogens is 2. The van der Waals surface area contributed by atoms with Gasteiger partial charge in [0.2, 0.25) is 0 Å². The molecular formula is C23H22N2O4. The Hall–Kier alpha value is -3.41. The van der Waals surface area contributed by atoms with E-state index >= 15 is 0 Å². The van der Waals surface area contributed by atoms with Crippen LogP contribution in [0, 0.1) is 0 Å². The molecule has 6 heteroatoms. The molecule has 0 atom stereocenters. The first-order valence-electron chi connectivity index (χ1n) is 9.72. The van der Waals surface area contributed by atoms with Gasteiger partial charge in [-0.2, -0.15) is 0 Å². The molecule has 0 N–H and O–H groups in total. The van der Waals surface area contributed by atoms with Crippen molar-refractivity contribution in [2.45, 2.75) is 32.2 Å². The number of benzene rings is 2. The Morgan fingerprint density at radius 2 is 1.83 bits per heavy atom. The first kappa shape index (κ1) is 18.9. The van der Waals surface area contributed by atoms with Gasteiger partial charge in [0.25, 0.3) is 5.56 Å². The van der Waals surface area contributed by atoms with Crippen molar-refractivity contribution in [3.63, 3.8) is 0 Å². The van der Waals surface area contributed by atoms with E-state index in [9.17, 15) is 9.59 Å². The Kier molecular flexibility index (Phi) is 5.42. The first-order chi connectivity index (χ1) is 14.2. The number of carbonyl (C=O) groups is 1. The standard InChI is InChI=1S/C23H22N2O4/c1-28-17-12-10-16(11-13-17)23(27)29-20-8-5-4-7-18(20)19-15-22(26)25-14-6-2-3-9-21(25)24-19/h4-5,7-8,10-13,15H,2-3,6,9,14H2,1H3. The number of esters is 1. The number of hydrogen-bond donors (Lipinski definition) is 0. The molecule has 0 fully saturated rings. The van der Waals surface area contributed by atoms with Crippen LogP contribution < -0.4 is 15.0 Å². The summed E-state index contributed by atoms with van der Waals surface area (Å²) in [6.45, 7) is 0.704. The van der Waals surface area contributed by atoms with Crippen LogP contribution in [0.2, 0.25) is 0 Å². The van der Waals surface area contributed by atoms with E-state index in [0.29, 0.717) is 34.9 Å². The molecule has 148 valence electrons. The van der Waals surface area contributed by atoms with Crippen LogP contribution in [0.1, 0.15) is 35.4 Å². The number of rotatable bonds is 4. The fraction of sp³-hybridized carbons (Fsp3) is 0.261. The number of hydrogen-bond acceptors (Lipinski definition) is 5. The van der Waals surface area contributed by atoms with E-state index in [-0.39, 0.29) is 5.56 Å². The number of fused-ring (bicyclic) bond motifs is 1. The zero-order valence-corrected chi connectivity index (χ0v) is 16.3. The van der Waals surface area contributed by atoms with Crippen molar-refractivity contribution in [1.82, 2.24) is 9.55 Å². The van der Waals surface area contributed by atoms with Crippen molar-refractivity contribution in [1.29, 1.82) is 0 Å². The normalized spacial score (nSPS) is 13.3. The van der Waals surface area contributed by atoms with Crippen molar-refractivity contribution >= 4 is 5.97 Å². The summed E-state index contributed by atoms with van der Waals surface area (Å²) >= 11 is 0. The highest BCUT2D eigenvalue weighted by Crippen LogP contribution is 2.29. The molecule has 0 amide bonds. The van der Waals surface area contributed by atoms with Gasteiger partial charge in [-0.3, -0.25) is 9.36 Å². The average molecular weight is 390 g/mol. The minimum Gasteiger partial charge on any atom is -0.497 e. The van der Waals surface area contributed by atoms with Crippen molar-refractivity contribution in [3.05, 3.63) is 76.3 Å². The molecule has 0 radical (unpaired) electrons. The number of carbonyl (C=O) groups excluding carboxylic acids is 1. The lowest BCUT2D eigenvalue weighted by Crippen LogP contribution is -2.24. The quantitative estimate of drug-likeness (QED) is 0.500. The van der Waals surface area contributed by atoms with E-state index in [4.69, 9.17) is 14.5 Å². The summed E-state index contributed by atoms with van der Waals surface area (Å²) in [5, 5.41) is 0. The second kappa shape index (κ2) is 8.31. The van der Waals surface area contributed by atoms with Gasteiger partial charge in [0, 0.05) is 24.6 Å². The van der Waals surface area contributed by atoms with Crippen LogP contribution in [0.25, 0.3) is 11.3 Å². The van der Waals surface area contributed by atoms with E-state index in [1.807, 2.05) is 12.1 Å². The van der Waals surface area contributed by atoms with E-state index in [0.717, 1.165) is 31.5 Å². The van der Waals surface area contributed by atoms with Gasteiger partial charge in [0.15, 0.2) is 0 Å². The van der Waals surface area contributed by atoms with Crippen LogP contribution in [0.3, 0.4) is 0 Å². The van der Waals surface area contributed by atoms with Gasteiger partial charge in [0.1, 0.15) is 17.3 Å². The van der Waals surface area contributed by atoms with E-state index in [2.05, 4.69) is 0 Å². The smallest absolute Gasteiger partial charge is 0.343 e. The fourth-order valence-corrected chi connectivity index (χ4v) is 3.50. The molecule has 0 aliphatic carbocycles. The molecule has 6 nitrogen and oxygen atoms in total. The Morgan fingerprint density at radius 3 is 2.62 bits per heavy atom. The third-order valence-corrected chi connectivity index (χ3v) is 5.06. The highest BCUT2D eigenvalue weighted by molar-refractivity contribution is 5.92. The van der Waals surface area contributed by atoms with Crippen molar-refractivity contribution in [2.24, 2.45) is 0 Å². The van der Waals surface area contributed by atoms with Gasteiger partial charge in [-0.05, 0) is 49.2 Å². The van der Waals surface area contributed by atoms with Crippen LogP contribution in [0.4, 0.5) is 0 Å². The third-order valence-electron chi connectivity index (χ3n) is 5.06. The number of aryl methyl sites for hydroxylation is 1. The summed E-state index contributed by atoms with van der Waals surface area (Å²) in [6.07, 6.45) is 3.87. The molecule has 1 aliphatic rings.